The van der Waals surface area contributed by atoms with Gasteiger partial charge in [-0.3, -0.25) is 9.69 Å². The number of rotatable bonds is 3. The highest BCUT2D eigenvalue weighted by molar-refractivity contribution is 5.96. The SMILES string of the molecule is O=C(Cc1noc2ccccc12)N1CCCc2cnc(N3CCOCC3)nc21. The summed E-state index contributed by atoms with van der Waals surface area (Å²) in [6, 6.07) is 7.60. The van der Waals surface area contributed by atoms with E-state index in [-0.39, 0.29) is 12.3 Å². The van der Waals surface area contributed by atoms with Crippen molar-refractivity contribution in [1.29, 1.82) is 0 Å². The van der Waals surface area contributed by atoms with E-state index in [0.29, 0.717) is 37.0 Å². The van der Waals surface area contributed by atoms with Gasteiger partial charge in [-0.05, 0) is 25.0 Å². The summed E-state index contributed by atoms with van der Waals surface area (Å²) in [5.41, 5.74) is 2.37. The first-order valence-corrected chi connectivity index (χ1v) is 9.62. The molecule has 0 atom stereocenters. The molecule has 1 saturated heterocycles. The number of hydrogen-bond donors (Lipinski definition) is 0. The van der Waals surface area contributed by atoms with Crippen LogP contribution in [-0.2, 0) is 22.4 Å². The minimum absolute atomic E-state index is 0.0216. The quantitative estimate of drug-likeness (QED) is 0.688. The van der Waals surface area contributed by atoms with Crippen LogP contribution < -0.4 is 9.80 Å². The van der Waals surface area contributed by atoms with E-state index in [2.05, 4.69) is 15.0 Å². The zero-order chi connectivity index (χ0) is 18.9. The van der Waals surface area contributed by atoms with Crippen LogP contribution in [0.4, 0.5) is 11.8 Å². The van der Waals surface area contributed by atoms with Gasteiger partial charge in [0, 0.05) is 36.8 Å². The topological polar surface area (TPSA) is 84.6 Å². The van der Waals surface area contributed by atoms with E-state index in [1.165, 1.54) is 0 Å². The predicted molar refractivity (Wildman–Crippen MR) is 103 cm³/mol. The maximum absolute atomic E-state index is 13.1. The van der Waals surface area contributed by atoms with Crippen molar-refractivity contribution in [3.63, 3.8) is 0 Å². The van der Waals surface area contributed by atoms with Gasteiger partial charge in [-0.1, -0.05) is 17.3 Å². The molecular formula is C20H21N5O3. The molecule has 4 heterocycles. The summed E-state index contributed by atoms with van der Waals surface area (Å²) in [7, 11) is 0. The zero-order valence-electron chi connectivity index (χ0n) is 15.5. The second-order valence-electron chi connectivity index (χ2n) is 7.07. The summed E-state index contributed by atoms with van der Waals surface area (Å²) < 4.78 is 10.7. The predicted octanol–water partition coefficient (Wildman–Crippen LogP) is 1.98. The van der Waals surface area contributed by atoms with Crippen molar-refractivity contribution < 1.29 is 14.1 Å². The molecule has 2 aromatic heterocycles. The van der Waals surface area contributed by atoms with Crippen molar-refractivity contribution in [2.75, 3.05) is 42.6 Å². The van der Waals surface area contributed by atoms with Crippen molar-refractivity contribution >= 4 is 28.6 Å². The van der Waals surface area contributed by atoms with Gasteiger partial charge in [0.05, 0.1) is 19.6 Å². The average Bonchev–Trinajstić information content (AvgIpc) is 3.16. The molecule has 1 fully saturated rings. The lowest BCUT2D eigenvalue weighted by Crippen LogP contribution is -2.40. The molecular weight excluding hydrogens is 358 g/mol. The normalized spacial score (nSPS) is 17.0. The van der Waals surface area contributed by atoms with E-state index < -0.39 is 0 Å². The van der Waals surface area contributed by atoms with Gasteiger partial charge in [0.1, 0.15) is 11.5 Å². The van der Waals surface area contributed by atoms with Crippen molar-refractivity contribution in [1.82, 2.24) is 15.1 Å². The van der Waals surface area contributed by atoms with Gasteiger partial charge < -0.3 is 14.2 Å². The lowest BCUT2D eigenvalue weighted by atomic mass is 10.1. The monoisotopic (exact) mass is 379 g/mol. The minimum Gasteiger partial charge on any atom is -0.378 e. The van der Waals surface area contributed by atoms with Crippen LogP contribution in [0.15, 0.2) is 35.0 Å². The highest BCUT2D eigenvalue weighted by atomic mass is 16.5. The number of nitrogens with zero attached hydrogens (tertiary/aromatic N) is 5. The van der Waals surface area contributed by atoms with Crippen LogP contribution in [0, 0.1) is 0 Å². The van der Waals surface area contributed by atoms with Crippen LogP contribution in [0.5, 0.6) is 0 Å². The molecule has 0 unspecified atom stereocenters. The molecule has 3 aromatic rings. The second kappa shape index (κ2) is 7.20. The van der Waals surface area contributed by atoms with Gasteiger partial charge in [0.15, 0.2) is 5.58 Å². The van der Waals surface area contributed by atoms with Gasteiger partial charge in [0.25, 0.3) is 0 Å². The molecule has 0 spiro atoms. The van der Waals surface area contributed by atoms with Gasteiger partial charge in [-0.2, -0.15) is 4.98 Å². The van der Waals surface area contributed by atoms with E-state index in [4.69, 9.17) is 14.2 Å². The highest BCUT2D eigenvalue weighted by Crippen LogP contribution is 2.28. The fourth-order valence-electron chi connectivity index (χ4n) is 3.80. The van der Waals surface area contributed by atoms with Crippen LogP contribution in [0.3, 0.4) is 0 Å². The molecule has 0 N–H and O–H groups in total. The van der Waals surface area contributed by atoms with Crippen molar-refractivity contribution in [3.05, 3.63) is 41.7 Å². The Balaban J connectivity index is 1.42. The largest absolute Gasteiger partial charge is 0.378 e. The molecule has 2 aliphatic heterocycles. The number of para-hydroxylation sites is 1. The van der Waals surface area contributed by atoms with E-state index in [1.54, 1.807) is 4.90 Å². The van der Waals surface area contributed by atoms with Crippen molar-refractivity contribution in [3.8, 4) is 0 Å². The first-order chi connectivity index (χ1) is 13.8. The first-order valence-electron chi connectivity index (χ1n) is 9.62. The number of amides is 1. The average molecular weight is 379 g/mol. The number of morpholine rings is 1. The van der Waals surface area contributed by atoms with Crippen LogP contribution in [0.25, 0.3) is 11.0 Å². The summed E-state index contributed by atoms with van der Waals surface area (Å²) in [4.78, 5) is 26.3. The maximum atomic E-state index is 13.1. The number of benzene rings is 1. The summed E-state index contributed by atoms with van der Waals surface area (Å²) >= 11 is 0. The fraction of sp³-hybridized carbons (Fsp3) is 0.400. The minimum atomic E-state index is -0.0216. The maximum Gasteiger partial charge on any atom is 0.234 e. The first kappa shape index (κ1) is 17.1. The number of fused-ring (bicyclic) bond motifs is 2. The summed E-state index contributed by atoms with van der Waals surface area (Å²) in [6.07, 6.45) is 3.83. The molecule has 8 nitrogen and oxygen atoms in total. The summed E-state index contributed by atoms with van der Waals surface area (Å²) in [5, 5.41) is 4.98. The Hall–Kier alpha value is -3.00. The number of aromatic nitrogens is 3. The number of hydrogen-bond acceptors (Lipinski definition) is 7. The van der Waals surface area contributed by atoms with Crippen LogP contribution in [0.1, 0.15) is 17.7 Å². The molecule has 8 heteroatoms. The molecule has 0 aliphatic carbocycles. The Morgan fingerprint density at radius 3 is 2.89 bits per heavy atom. The van der Waals surface area contributed by atoms with E-state index >= 15 is 0 Å². The van der Waals surface area contributed by atoms with Crippen LogP contribution in [0.2, 0.25) is 0 Å². The second-order valence-corrected chi connectivity index (χ2v) is 7.07. The lowest BCUT2D eigenvalue weighted by molar-refractivity contribution is -0.118. The van der Waals surface area contributed by atoms with Gasteiger partial charge >= 0.3 is 0 Å². The van der Waals surface area contributed by atoms with Crippen LogP contribution >= 0.6 is 0 Å². The Morgan fingerprint density at radius 2 is 2.00 bits per heavy atom. The van der Waals surface area contributed by atoms with E-state index in [1.807, 2.05) is 30.5 Å². The van der Waals surface area contributed by atoms with E-state index in [0.717, 1.165) is 42.7 Å². The Kier molecular flexibility index (Phi) is 4.40. The third kappa shape index (κ3) is 3.09. The third-order valence-electron chi connectivity index (χ3n) is 5.28. The van der Waals surface area contributed by atoms with Crippen molar-refractivity contribution in [2.24, 2.45) is 0 Å². The Labute approximate surface area is 162 Å². The molecule has 1 amide bonds. The summed E-state index contributed by atoms with van der Waals surface area (Å²) in [5.74, 6) is 1.36. The number of aryl methyl sites for hydroxylation is 1. The smallest absolute Gasteiger partial charge is 0.234 e. The number of ether oxygens (including phenoxy) is 1. The molecule has 28 heavy (non-hydrogen) atoms. The number of anilines is 2. The Bertz CT molecular complexity index is 1010. The highest BCUT2D eigenvalue weighted by Gasteiger charge is 2.27. The molecule has 0 saturated carbocycles. The zero-order valence-corrected chi connectivity index (χ0v) is 15.5. The molecule has 144 valence electrons. The third-order valence-corrected chi connectivity index (χ3v) is 5.28. The van der Waals surface area contributed by atoms with Gasteiger partial charge in [-0.15, -0.1) is 0 Å². The van der Waals surface area contributed by atoms with E-state index in [9.17, 15) is 4.79 Å². The number of carbonyl (C=O) groups is 1. The standard InChI is InChI=1S/C20H21N5O3/c26-18(12-16-15-5-1-2-6-17(15)28-23-16)25-7-3-4-14-13-21-20(22-19(14)25)24-8-10-27-11-9-24/h1-2,5-6,13H,3-4,7-12H2. The molecule has 5 rings (SSSR count). The van der Waals surface area contributed by atoms with Gasteiger partial charge in [0.2, 0.25) is 11.9 Å². The lowest BCUT2D eigenvalue weighted by Gasteiger charge is -2.31. The fourth-order valence-corrected chi connectivity index (χ4v) is 3.80. The number of carbonyl (C=O) groups excluding carboxylic acids is 1. The van der Waals surface area contributed by atoms with Crippen molar-refractivity contribution in [2.45, 2.75) is 19.3 Å². The summed E-state index contributed by atoms with van der Waals surface area (Å²) in [6.45, 7) is 3.52. The molecule has 1 aromatic carbocycles. The Morgan fingerprint density at radius 1 is 1.14 bits per heavy atom. The molecule has 0 radical (unpaired) electrons. The van der Waals surface area contributed by atoms with Gasteiger partial charge in [-0.25, -0.2) is 4.98 Å². The molecule has 0 bridgehead atoms. The molecule has 2 aliphatic rings. The van der Waals surface area contributed by atoms with Crippen LogP contribution in [-0.4, -0.2) is 53.9 Å².